The molecule has 126 valence electrons. The molecule has 2 N–H and O–H groups in total. The van der Waals surface area contributed by atoms with Crippen LogP contribution in [-0.4, -0.2) is 14.8 Å². The second-order valence-electron chi connectivity index (χ2n) is 6.35. The molecule has 0 spiro atoms. The zero-order valence-corrected chi connectivity index (χ0v) is 13.8. The highest BCUT2D eigenvalue weighted by atomic mass is 16.5. The average molecular weight is 333 g/mol. The molecule has 1 aliphatic rings. The number of fused-ring (bicyclic) bond motifs is 1. The Labute approximate surface area is 145 Å². The number of aromatic nitrogens is 3. The fourth-order valence-corrected chi connectivity index (χ4v) is 3.56. The van der Waals surface area contributed by atoms with Crippen LogP contribution < -0.4 is 10.5 Å². The molecule has 2 aromatic heterocycles. The highest BCUT2D eigenvalue weighted by molar-refractivity contribution is 5.93. The van der Waals surface area contributed by atoms with Crippen molar-refractivity contribution in [3.05, 3.63) is 48.2 Å². The van der Waals surface area contributed by atoms with Crippen molar-refractivity contribution in [2.24, 2.45) is 5.92 Å². The Bertz CT molecular complexity index is 928. The number of hydrogen-bond acceptors (Lipinski definition) is 5. The standard InChI is InChI=1S/C19H19N5O/c20-11-14-7-4-8-15(14)24-16-9-10-22-19(17(16)18(21)23-24)25-12-13-5-2-1-3-6-13/h1-3,5-6,9-10,14-15H,4,7-8,12H2,(H2,21,23)/t14-,15+/m0/s1. The van der Waals surface area contributed by atoms with Crippen LogP contribution in [0.15, 0.2) is 42.6 Å². The van der Waals surface area contributed by atoms with Crippen LogP contribution in [0, 0.1) is 17.2 Å². The van der Waals surface area contributed by atoms with Crippen molar-refractivity contribution in [2.75, 3.05) is 5.73 Å². The van der Waals surface area contributed by atoms with Gasteiger partial charge in [0.15, 0.2) is 5.82 Å². The molecule has 0 aliphatic heterocycles. The lowest BCUT2D eigenvalue weighted by atomic mass is 10.1. The lowest BCUT2D eigenvalue weighted by Crippen LogP contribution is -2.14. The zero-order valence-electron chi connectivity index (χ0n) is 13.8. The Morgan fingerprint density at radius 3 is 2.88 bits per heavy atom. The summed E-state index contributed by atoms with van der Waals surface area (Å²) in [4.78, 5) is 4.34. The Hall–Kier alpha value is -3.07. The maximum absolute atomic E-state index is 9.38. The molecule has 2 atom stereocenters. The molecule has 1 aromatic carbocycles. The first-order chi connectivity index (χ1) is 12.3. The van der Waals surface area contributed by atoms with E-state index in [-0.39, 0.29) is 12.0 Å². The van der Waals surface area contributed by atoms with Crippen LogP contribution in [0.5, 0.6) is 5.88 Å². The van der Waals surface area contributed by atoms with Gasteiger partial charge in [-0.05, 0) is 30.9 Å². The summed E-state index contributed by atoms with van der Waals surface area (Å²) < 4.78 is 7.80. The second kappa shape index (κ2) is 6.44. The highest BCUT2D eigenvalue weighted by Crippen LogP contribution is 2.39. The van der Waals surface area contributed by atoms with Gasteiger partial charge in [0, 0.05) is 6.20 Å². The Kier molecular flexibility index (Phi) is 3.98. The topological polar surface area (TPSA) is 89.8 Å². The lowest BCUT2D eigenvalue weighted by Gasteiger charge is -2.15. The zero-order chi connectivity index (χ0) is 17.2. The molecule has 6 nitrogen and oxygen atoms in total. The van der Waals surface area contributed by atoms with Crippen LogP contribution in [0.1, 0.15) is 30.9 Å². The number of rotatable bonds is 4. The summed E-state index contributed by atoms with van der Waals surface area (Å²) in [7, 11) is 0. The fourth-order valence-electron chi connectivity index (χ4n) is 3.56. The van der Waals surface area contributed by atoms with Crippen LogP contribution >= 0.6 is 0 Å². The van der Waals surface area contributed by atoms with Crippen LogP contribution in [0.3, 0.4) is 0 Å². The van der Waals surface area contributed by atoms with E-state index in [9.17, 15) is 5.26 Å². The van der Waals surface area contributed by atoms with E-state index in [0.717, 1.165) is 35.7 Å². The van der Waals surface area contributed by atoms with Gasteiger partial charge < -0.3 is 10.5 Å². The van der Waals surface area contributed by atoms with Crippen molar-refractivity contribution in [1.82, 2.24) is 14.8 Å². The SMILES string of the molecule is N#C[C@@H]1CCC[C@H]1n1nc(N)c2c(OCc3ccccc3)nccc21. The smallest absolute Gasteiger partial charge is 0.227 e. The molecule has 6 heteroatoms. The predicted octanol–water partition coefficient (Wildman–Crippen LogP) is 3.46. The van der Waals surface area contributed by atoms with E-state index in [1.807, 2.05) is 41.1 Å². The van der Waals surface area contributed by atoms with E-state index in [4.69, 9.17) is 10.5 Å². The van der Waals surface area contributed by atoms with Crippen molar-refractivity contribution in [1.29, 1.82) is 5.26 Å². The van der Waals surface area contributed by atoms with E-state index in [1.54, 1.807) is 6.20 Å². The highest BCUT2D eigenvalue weighted by Gasteiger charge is 2.31. The van der Waals surface area contributed by atoms with Crippen molar-refractivity contribution < 1.29 is 4.74 Å². The molecular formula is C19H19N5O. The van der Waals surface area contributed by atoms with E-state index < -0.39 is 0 Å². The summed E-state index contributed by atoms with van der Waals surface area (Å²) in [5.41, 5.74) is 8.11. The Morgan fingerprint density at radius 1 is 1.24 bits per heavy atom. The summed E-state index contributed by atoms with van der Waals surface area (Å²) in [5, 5.41) is 14.6. The molecule has 1 saturated carbocycles. The third kappa shape index (κ3) is 2.78. The molecule has 0 radical (unpaired) electrons. The van der Waals surface area contributed by atoms with Gasteiger partial charge in [0.1, 0.15) is 12.0 Å². The van der Waals surface area contributed by atoms with Gasteiger partial charge in [0.05, 0.1) is 23.5 Å². The minimum Gasteiger partial charge on any atom is -0.472 e. The third-order valence-corrected chi connectivity index (χ3v) is 4.79. The van der Waals surface area contributed by atoms with E-state index in [2.05, 4.69) is 16.2 Å². The van der Waals surface area contributed by atoms with Crippen molar-refractivity contribution in [3.8, 4) is 11.9 Å². The quantitative estimate of drug-likeness (QED) is 0.789. The number of nitrogen functional groups attached to an aromatic ring is 1. The van der Waals surface area contributed by atoms with E-state index in [1.165, 1.54) is 0 Å². The molecule has 0 bridgehead atoms. The van der Waals surface area contributed by atoms with Gasteiger partial charge in [-0.3, -0.25) is 4.68 Å². The molecule has 1 aliphatic carbocycles. The van der Waals surface area contributed by atoms with Crippen LogP contribution in [0.25, 0.3) is 10.9 Å². The van der Waals surface area contributed by atoms with Gasteiger partial charge in [-0.2, -0.15) is 10.4 Å². The Morgan fingerprint density at radius 2 is 2.08 bits per heavy atom. The largest absolute Gasteiger partial charge is 0.472 e. The molecule has 25 heavy (non-hydrogen) atoms. The molecule has 1 fully saturated rings. The van der Waals surface area contributed by atoms with Crippen molar-refractivity contribution in [3.63, 3.8) is 0 Å². The average Bonchev–Trinajstić information content (AvgIpc) is 3.25. The monoisotopic (exact) mass is 333 g/mol. The molecule has 0 amide bonds. The van der Waals surface area contributed by atoms with Crippen molar-refractivity contribution >= 4 is 16.7 Å². The molecule has 2 heterocycles. The number of benzene rings is 1. The predicted molar refractivity (Wildman–Crippen MR) is 94.7 cm³/mol. The summed E-state index contributed by atoms with van der Waals surface area (Å²) in [6, 6.07) is 14.3. The number of hydrogen-bond donors (Lipinski definition) is 1. The fraction of sp³-hybridized carbons (Fsp3) is 0.316. The third-order valence-electron chi connectivity index (χ3n) is 4.79. The maximum Gasteiger partial charge on any atom is 0.227 e. The maximum atomic E-state index is 9.38. The van der Waals surface area contributed by atoms with E-state index in [0.29, 0.717) is 18.3 Å². The van der Waals surface area contributed by atoms with Crippen LogP contribution in [0.4, 0.5) is 5.82 Å². The van der Waals surface area contributed by atoms with Crippen LogP contribution in [-0.2, 0) is 6.61 Å². The van der Waals surface area contributed by atoms with Gasteiger partial charge in [-0.25, -0.2) is 4.98 Å². The lowest BCUT2D eigenvalue weighted by molar-refractivity contribution is 0.298. The first-order valence-electron chi connectivity index (χ1n) is 8.47. The van der Waals surface area contributed by atoms with Gasteiger partial charge in [-0.15, -0.1) is 0 Å². The molecule has 4 rings (SSSR count). The Balaban J connectivity index is 1.69. The number of pyridine rings is 1. The number of nitriles is 1. The van der Waals surface area contributed by atoms with Crippen LogP contribution in [0.2, 0.25) is 0 Å². The molecule has 0 saturated heterocycles. The molecule has 0 unspecified atom stereocenters. The number of nitrogens with zero attached hydrogens (tertiary/aromatic N) is 4. The summed E-state index contributed by atoms with van der Waals surface area (Å²) >= 11 is 0. The molecular weight excluding hydrogens is 314 g/mol. The van der Waals surface area contributed by atoms with Gasteiger partial charge in [0.2, 0.25) is 5.88 Å². The number of nitrogens with two attached hydrogens (primary N) is 1. The number of anilines is 1. The van der Waals surface area contributed by atoms with E-state index >= 15 is 0 Å². The normalized spacial score (nSPS) is 19.8. The van der Waals surface area contributed by atoms with Gasteiger partial charge in [-0.1, -0.05) is 30.3 Å². The van der Waals surface area contributed by atoms with Gasteiger partial charge in [0.25, 0.3) is 0 Å². The second-order valence-corrected chi connectivity index (χ2v) is 6.35. The summed E-state index contributed by atoms with van der Waals surface area (Å²) in [5.74, 6) is 0.857. The minimum absolute atomic E-state index is 0.0237. The minimum atomic E-state index is -0.0237. The summed E-state index contributed by atoms with van der Waals surface area (Å²) in [6.45, 7) is 0.418. The first kappa shape index (κ1) is 15.5. The van der Waals surface area contributed by atoms with Crippen molar-refractivity contribution in [2.45, 2.75) is 31.9 Å². The number of ether oxygens (including phenoxy) is 1. The first-order valence-corrected chi connectivity index (χ1v) is 8.47. The van der Waals surface area contributed by atoms with Gasteiger partial charge >= 0.3 is 0 Å². The molecule has 3 aromatic rings. The summed E-state index contributed by atoms with van der Waals surface area (Å²) in [6.07, 6.45) is 4.59.